The van der Waals surface area contributed by atoms with Gasteiger partial charge in [-0.05, 0) is 29.7 Å². The predicted octanol–water partition coefficient (Wildman–Crippen LogP) is 2.95. The van der Waals surface area contributed by atoms with Gasteiger partial charge in [-0.3, -0.25) is 19.5 Å². The molecule has 0 aliphatic heterocycles. The summed E-state index contributed by atoms with van der Waals surface area (Å²) in [5, 5.41) is 23.6. The van der Waals surface area contributed by atoms with Crippen molar-refractivity contribution in [3.8, 4) is 5.75 Å². The maximum Gasteiger partial charge on any atom is 0.296 e. The van der Waals surface area contributed by atoms with Crippen LogP contribution in [0.4, 0.5) is 11.4 Å². The molecule has 27 heavy (non-hydrogen) atoms. The SMILES string of the molecule is O=C(Nc1c(S(=O)(=O)O)ccc2cccc(O)c12)c1ccc([N+](=O)[O-])cc1. The van der Waals surface area contributed by atoms with Gasteiger partial charge in [0.2, 0.25) is 0 Å². The van der Waals surface area contributed by atoms with Crippen molar-refractivity contribution in [3.05, 3.63) is 70.3 Å². The van der Waals surface area contributed by atoms with Crippen LogP contribution in [0.3, 0.4) is 0 Å². The Kier molecular flexibility index (Phi) is 4.52. The summed E-state index contributed by atoms with van der Waals surface area (Å²) in [5.74, 6) is -1.07. The maximum absolute atomic E-state index is 12.5. The molecule has 0 saturated carbocycles. The molecule has 10 heteroatoms. The van der Waals surface area contributed by atoms with E-state index in [-0.39, 0.29) is 28.1 Å². The number of rotatable bonds is 4. The number of carbonyl (C=O) groups is 1. The first-order chi connectivity index (χ1) is 12.7. The van der Waals surface area contributed by atoms with Crippen LogP contribution in [0, 0.1) is 10.1 Å². The van der Waals surface area contributed by atoms with Gasteiger partial charge in [0.25, 0.3) is 21.7 Å². The van der Waals surface area contributed by atoms with Gasteiger partial charge in [0.15, 0.2) is 0 Å². The number of aromatic hydroxyl groups is 1. The van der Waals surface area contributed by atoms with E-state index >= 15 is 0 Å². The molecule has 9 nitrogen and oxygen atoms in total. The molecule has 138 valence electrons. The zero-order valence-electron chi connectivity index (χ0n) is 13.5. The lowest BCUT2D eigenvalue weighted by Crippen LogP contribution is -2.15. The highest BCUT2D eigenvalue weighted by Gasteiger charge is 2.22. The fourth-order valence-corrected chi connectivity index (χ4v) is 3.25. The number of nitrogens with zero attached hydrogens (tertiary/aromatic N) is 1. The van der Waals surface area contributed by atoms with E-state index in [9.17, 15) is 33.0 Å². The molecule has 3 rings (SSSR count). The first-order valence-corrected chi connectivity index (χ1v) is 8.90. The Hall–Kier alpha value is -3.50. The molecule has 3 N–H and O–H groups in total. The van der Waals surface area contributed by atoms with Gasteiger partial charge in [-0.2, -0.15) is 8.42 Å². The Labute approximate surface area is 152 Å². The van der Waals surface area contributed by atoms with E-state index in [1.807, 2.05) is 0 Å². The van der Waals surface area contributed by atoms with E-state index < -0.39 is 25.8 Å². The zero-order chi connectivity index (χ0) is 19.8. The molecule has 0 atom stereocenters. The van der Waals surface area contributed by atoms with Gasteiger partial charge in [0.1, 0.15) is 10.6 Å². The number of benzene rings is 3. The van der Waals surface area contributed by atoms with Crippen molar-refractivity contribution >= 4 is 38.2 Å². The topological polar surface area (TPSA) is 147 Å². The van der Waals surface area contributed by atoms with E-state index in [4.69, 9.17) is 0 Å². The smallest absolute Gasteiger partial charge is 0.296 e. The Morgan fingerprint density at radius 2 is 1.70 bits per heavy atom. The number of carbonyl (C=O) groups excluding carboxylic acids is 1. The van der Waals surface area contributed by atoms with Gasteiger partial charge in [0.05, 0.1) is 10.6 Å². The minimum atomic E-state index is -4.70. The Bertz CT molecular complexity index is 1170. The number of hydrogen-bond acceptors (Lipinski definition) is 6. The van der Waals surface area contributed by atoms with Crippen molar-refractivity contribution in [2.24, 2.45) is 0 Å². The summed E-state index contributed by atoms with van der Waals surface area (Å²) in [4.78, 5) is 22.0. The van der Waals surface area contributed by atoms with E-state index in [2.05, 4.69) is 5.32 Å². The van der Waals surface area contributed by atoms with E-state index in [1.54, 1.807) is 6.07 Å². The van der Waals surface area contributed by atoms with Crippen LogP contribution in [0.5, 0.6) is 5.75 Å². The van der Waals surface area contributed by atoms with E-state index in [0.717, 1.165) is 18.2 Å². The normalized spacial score (nSPS) is 11.3. The summed E-state index contributed by atoms with van der Waals surface area (Å²) in [6.45, 7) is 0. The highest BCUT2D eigenvalue weighted by atomic mass is 32.2. The summed E-state index contributed by atoms with van der Waals surface area (Å²) in [7, 11) is -4.70. The lowest BCUT2D eigenvalue weighted by atomic mass is 10.1. The minimum absolute atomic E-state index is 0.0225. The molecule has 0 spiro atoms. The molecule has 0 aliphatic carbocycles. The lowest BCUT2D eigenvalue weighted by molar-refractivity contribution is -0.384. The number of amides is 1. The van der Waals surface area contributed by atoms with Crippen molar-refractivity contribution in [3.63, 3.8) is 0 Å². The predicted molar refractivity (Wildman–Crippen MR) is 96.5 cm³/mol. The standard InChI is InChI=1S/C17H12N2O7S/c20-13-3-1-2-10-6-9-14(27(24,25)26)16(15(10)13)18-17(21)11-4-7-12(8-5-11)19(22)23/h1-9,20H,(H,18,21)(H,24,25,26). The third-order valence-corrected chi connectivity index (χ3v) is 4.74. The van der Waals surface area contributed by atoms with Crippen LogP contribution in [-0.4, -0.2) is 28.9 Å². The Morgan fingerprint density at radius 3 is 2.30 bits per heavy atom. The van der Waals surface area contributed by atoms with Crippen molar-refractivity contribution in [1.29, 1.82) is 0 Å². The molecular formula is C17H12N2O7S. The van der Waals surface area contributed by atoms with Crippen molar-refractivity contribution in [2.75, 3.05) is 5.32 Å². The minimum Gasteiger partial charge on any atom is -0.507 e. The quantitative estimate of drug-likeness (QED) is 0.354. The molecule has 0 aliphatic rings. The van der Waals surface area contributed by atoms with Crippen LogP contribution < -0.4 is 5.32 Å². The van der Waals surface area contributed by atoms with E-state index in [1.165, 1.54) is 30.3 Å². The average Bonchev–Trinajstić information content (AvgIpc) is 2.61. The number of hydrogen-bond donors (Lipinski definition) is 3. The first kappa shape index (κ1) is 18.3. The third-order valence-electron chi connectivity index (χ3n) is 3.84. The molecular weight excluding hydrogens is 376 g/mol. The van der Waals surface area contributed by atoms with Gasteiger partial charge >= 0.3 is 0 Å². The molecule has 0 fully saturated rings. The van der Waals surface area contributed by atoms with Gasteiger partial charge in [-0.15, -0.1) is 0 Å². The van der Waals surface area contributed by atoms with Crippen LogP contribution in [-0.2, 0) is 10.1 Å². The Balaban J connectivity index is 2.12. The second kappa shape index (κ2) is 6.67. The highest BCUT2D eigenvalue weighted by molar-refractivity contribution is 7.86. The van der Waals surface area contributed by atoms with E-state index in [0.29, 0.717) is 5.39 Å². The lowest BCUT2D eigenvalue weighted by Gasteiger charge is -2.13. The van der Waals surface area contributed by atoms with Crippen molar-refractivity contribution < 1.29 is 27.8 Å². The number of nitro benzene ring substituents is 1. The fraction of sp³-hybridized carbons (Fsp3) is 0. The van der Waals surface area contributed by atoms with Gasteiger partial charge in [0, 0.05) is 23.1 Å². The molecule has 0 heterocycles. The maximum atomic E-state index is 12.5. The van der Waals surface area contributed by atoms with Gasteiger partial charge in [-0.1, -0.05) is 18.2 Å². The zero-order valence-corrected chi connectivity index (χ0v) is 14.3. The second-order valence-corrected chi connectivity index (χ2v) is 6.94. The summed E-state index contributed by atoms with van der Waals surface area (Å²) >= 11 is 0. The Morgan fingerprint density at radius 1 is 1.04 bits per heavy atom. The van der Waals surface area contributed by atoms with Crippen molar-refractivity contribution in [2.45, 2.75) is 4.90 Å². The monoisotopic (exact) mass is 388 g/mol. The summed E-state index contributed by atoms with van der Waals surface area (Å²) in [6, 6.07) is 11.5. The highest BCUT2D eigenvalue weighted by Crippen LogP contribution is 2.36. The molecule has 0 aromatic heterocycles. The fourth-order valence-electron chi connectivity index (χ4n) is 2.60. The molecule has 0 unspecified atom stereocenters. The second-order valence-electron chi connectivity index (χ2n) is 5.55. The summed E-state index contributed by atoms with van der Waals surface area (Å²) in [5.41, 5.74) is -0.487. The molecule has 0 saturated heterocycles. The molecule has 3 aromatic rings. The van der Waals surface area contributed by atoms with Crippen LogP contribution in [0.15, 0.2) is 59.5 Å². The molecule has 3 aromatic carbocycles. The number of phenolic OH excluding ortho intramolecular Hbond substituents is 1. The van der Waals surface area contributed by atoms with Crippen LogP contribution in [0.2, 0.25) is 0 Å². The summed E-state index contributed by atoms with van der Waals surface area (Å²) < 4.78 is 32.9. The summed E-state index contributed by atoms with van der Waals surface area (Å²) in [6.07, 6.45) is 0. The largest absolute Gasteiger partial charge is 0.507 e. The molecule has 1 amide bonds. The number of fused-ring (bicyclic) bond motifs is 1. The first-order valence-electron chi connectivity index (χ1n) is 7.46. The number of non-ortho nitro benzene ring substituents is 1. The van der Waals surface area contributed by atoms with Gasteiger partial charge in [-0.25, -0.2) is 0 Å². The van der Waals surface area contributed by atoms with Gasteiger partial charge < -0.3 is 10.4 Å². The number of phenols is 1. The molecule has 0 bridgehead atoms. The third kappa shape index (κ3) is 3.57. The molecule has 0 radical (unpaired) electrons. The van der Waals surface area contributed by atoms with Crippen LogP contribution >= 0.6 is 0 Å². The van der Waals surface area contributed by atoms with Crippen LogP contribution in [0.25, 0.3) is 10.8 Å². The average molecular weight is 388 g/mol. The van der Waals surface area contributed by atoms with Crippen LogP contribution in [0.1, 0.15) is 10.4 Å². The number of nitrogens with one attached hydrogen (secondary N) is 1. The van der Waals surface area contributed by atoms with Crippen molar-refractivity contribution in [1.82, 2.24) is 0 Å². The number of anilines is 1. The number of nitro groups is 1.